The molecule has 14 aromatic carbocycles. The fraction of sp³-hybridized carbons (Fsp3) is 0.0316. The normalized spacial score (nSPS) is 11.2. The topological polar surface area (TPSA) is 30.7 Å². The summed E-state index contributed by atoms with van der Waals surface area (Å²) >= 11 is 0. The van der Waals surface area contributed by atoms with Gasteiger partial charge >= 0.3 is 0 Å². The summed E-state index contributed by atoms with van der Waals surface area (Å²) in [7, 11) is 0. The van der Waals surface area contributed by atoms with Crippen LogP contribution in [0.3, 0.4) is 0 Å². The molecule has 0 N–H and O–H groups in total. The molecule has 0 saturated carbocycles. The molecule has 3 aromatic heterocycles. The SMILES string of the molecule is Cc1cc(-c2cc(-c3ccc(-c4ccccc4)cc3)cc(-c3cccc(-c4ccccc4)c3)n2)cc(-c2cccc3ccccc23)c1.Cc1ccc(-c2ccc(-c3cc(-c4cccc(-c5ccc(C)cc5)c4)nc(-c4cccc(-n5c6ccccc6c6ccccc65)c4)c3)cc2)cc1. The van der Waals surface area contributed by atoms with Gasteiger partial charge in [0.15, 0.2) is 0 Å². The van der Waals surface area contributed by atoms with E-state index in [1.165, 1.54) is 105 Å². The Hall–Kier alpha value is -12.6. The first-order valence-corrected chi connectivity index (χ1v) is 33.7. The summed E-state index contributed by atoms with van der Waals surface area (Å²) in [6.07, 6.45) is 0. The highest BCUT2D eigenvalue weighted by Gasteiger charge is 2.17. The fourth-order valence-corrected chi connectivity index (χ4v) is 13.7. The molecule has 464 valence electrons. The molecule has 0 saturated heterocycles. The zero-order valence-electron chi connectivity index (χ0n) is 55.0. The molecule has 0 radical (unpaired) electrons. The van der Waals surface area contributed by atoms with Gasteiger partial charge in [0.05, 0.1) is 33.8 Å². The van der Waals surface area contributed by atoms with Crippen molar-refractivity contribution in [1.29, 1.82) is 0 Å². The molecule has 3 heterocycles. The molecule has 0 spiro atoms. The van der Waals surface area contributed by atoms with E-state index in [-0.39, 0.29) is 0 Å². The minimum atomic E-state index is 0.938. The molecule has 3 nitrogen and oxygen atoms in total. The van der Waals surface area contributed by atoms with E-state index < -0.39 is 0 Å². The monoisotopic (exact) mass is 1250 g/mol. The van der Waals surface area contributed by atoms with Crippen molar-refractivity contribution in [3.05, 3.63) is 381 Å². The summed E-state index contributed by atoms with van der Waals surface area (Å²) in [5, 5.41) is 5.00. The largest absolute Gasteiger partial charge is 0.309 e. The summed E-state index contributed by atoms with van der Waals surface area (Å²) < 4.78 is 2.37. The van der Waals surface area contributed by atoms with Crippen LogP contribution in [0.4, 0.5) is 0 Å². The van der Waals surface area contributed by atoms with Crippen LogP contribution in [0, 0.1) is 20.8 Å². The maximum absolute atomic E-state index is 5.36. The quantitative estimate of drug-likeness (QED) is 0.122. The third-order valence-corrected chi connectivity index (χ3v) is 18.8. The van der Waals surface area contributed by atoms with E-state index in [1.807, 2.05) is 0 Å². The van der Waals surface area contributed by atoms with Gasteiger partial charge in [-0.2, -0.15) is 0 Å². The van der Waals surface area contributed by atoms with Crippen molar-refractivity contribution in [2.45, 2.75) is 20.8 Å². The minimum Gasteiger partial charge on any atom is -0.309 e. The van der Waals surface area contributed by atoms with E-state index in [2.05, 4.69) is 389 Å². The molecule has 0 aliphatic heterocycles. The Labute approximate surface area is 573 Å². The number of fused-ring (bicyclic) bond motifs is 4. The third-order valence-electron chi connectivity index (χ3n) is 18.8. The van der Waals surface area contributed by atoms with Crippen LogP contribution >= 0.6 is 0 Å². The molecule has 3 heteroatoms. The first-order chi connectivity index (χ1) is 48.2. The van der Waals surface area contributed by atoms with Crippen LogP contribution in [0.5, 0.6) is 0 Å². The summed E-state index contributed by atoms with van der Waals surface area (Å²) in [5.74, 6) is 0. The van der Waals surface area contributed by atoms with Crippen LogP contribution in [0.25, 0.3) is 161 Å². The van der Waals surface area contributed by atoms with E-state index in [1.54, 1.807) is 0 Å². The van der Waals surface area contributed by atoms with Crippen molar-refractivity contribution in [2.24, 2.45) is 0 Å². The summed E-state index contributed by atoms with van der Waals surface area (Å²) in [6, 6.07) is 131. The number of pyridine rings is 2. The molecule has 0 bridgehead atoms. The predicted molar refractivity (Wildman–Crippen MR) is 414 cm³/mol. The first-order valence-electron chi connectivity index (χ1n) is 33.7. The minimum absolute atomic E-state index is 0.938. The van der Waals surface area contributed by atoms with Crippen LogP contribution in [0.15, 0.2) is 364 Å². The van der Waals surface area contributed by atoms with Gasteiger partial charge in [-0.25, -0.2) is 9.97 Å². The van der Waals surface area contributed by atoms with Gasteiger partial charge in [0, 0.05) is 38.7 Å². The third kappa shape index (κ3) is 12.6. The first kappa shape index (κ1) is 60.4. The summed E-state index contributed by atoms with van der Waals surface area (Å²) in [5.41, 5.74) is 32.0. The maximum atomic E-state index is 5.36. The Morgan fingerprint density at radius 3 is 1.03 bits per heavy atom. The lowest BCUT2D eigenvalue weighted by molar-refractivity contribution is 1.18. The zero-order valence-corrected chi connectivity index (χ0v) is 55.0. The lowest BCUT2D eigenvalue weighted by Gasteiger charge is -2.14. The van der Waals surface area contributed by atoms with E-state index in [0.717, 1.165) is 73.0 Å². The summed E-state index contributed by atoms with van der Waals surface area (Å²) in [4.78, 5) is 10.7. The lowest BCUT2D eigenvalue weighted by atomic mass is 9.93. The molecular formula is C95H69N3. The molecule has 17 rings (SSSR count). The molecule has 0 aliphatic rings. The second-order valence-electron chi connectivity index (χ2n) is 25.6. The van der Waals surface area contributed by atoms with E-state index in [4.69, 9.17) is 9.97 Å². The molecule has 98 heavy (non-hydrogen) atoms. The molecule has 0 amide bonds. The van der Waals surface area contributed by atoms with Crippen LogP contribution in [0.2, 0.25) is 0 Å². The van der Waals surface area contributed by atoms with Crippen LogP contribution in [0.1, 0.15) is 16.7 Å². The summed E-state index contributed by atoms with van der Waals surface area (Å²) in [6.45, 7) is 6.43. The van der Waals surface area contributed by atoms with Crippen molar-refractivity contribution < 1.29 is 0 Å². The highest BCUT2D eigenvalue weighted by molar-refractivity contribution is 6.09. The van der Waals surface area contributed by atoms with Gasteiger partial charge in [-0.1, -0.05) is 302 Å². The molecule has 0 atom stereocenters. The average molecular weight is 1250 g/mol. The molecule has 17 aromatic rings. The fourth-order valence-electron chi connectivity index (χ4n) is 13.7. The van der Waals surface area contributed by atoms with Crippen molar-refractivity contribution in [1.82, 2.24) is 14.5 Å². The number of aromatic nitrogens is 3. The van der Waals surface area contributed by atoms with Gasteiger partial charge in [-0.05, 0) is 188 Å². The highest BCUT2D eigenvalue weighted by Crippen LogP contribution is 2.40. The standard InChI is InChI=1S/C49H36N2.C46H33N/c1-33-17-21-35(22-18-33)36-25-27-38(28-26-36)42-31-46(40-10-7-9-39(29-40)37-23-19-34(2)20-24-37)50-47(32-42)41-11-8-12-43(30-41)51-48-15-5-3-13-44(48)45-14-4-6-16-49(45)51;1-32-26-41(44-21-11-17-37-16-8-9-20-43(37)44)29-42(27-32)46-31-40(36-24-22-35(23-25-36)33-12-4-2-5-13-33)30-45(47-46)39-19-10-18-38(28-39)34-14-6-3-7-15-34/h3-32H,1-2H3;2-31H,1H3. The smallest absolute Gasteiger partial charge is 0.0716 e. The molecule has 0 aliphatic carbocycles. The van der Waals surface area contributed by atoms with Gasteiger partial charge in [-0.3, -0.25) is 0 Å². The predicted octanol–water partition coefficient (Wildman–Crippen LogP) is 25.7. The number of aryl methyl sites for hydroxylation is 3. The molecule has 0 fully saturated rings. The van der Waals surface area contributed by atoms with E-state index in [9.17, 15) is 0 Å². The van der Waals surface area contributed by atoms with Gasteiger partial charge in [0.25, 0.3) is 0 Å². The second kappa shape index (κ2) is 26.7. The highest BCUT2D eigenvalue weighted by atomic mass is 15.0. The number of nitrogens with zero attached hydrogens (tertiary/aromatic N) is 3. The van der Waals surface area contributed by atoms with Crippen molar-refractivity contribution in [3.8, 4) is 129 Å². The Morgan fingerprint density at radius 1 is 0.194 bits per heavy atom. The van der Waals surface area contributed by atoms with Crippen molar-refractivity contribution in [2.75, 3.05) is 0 Å². The Bertz CT molecular complexity index is 5670. The number of benzene rings is 14. The van der Waals surface area contributed by atoms with Crippen LogP contribution in [-0.2, 0) is 0 Å². The van der Waals surface area contributed by atoms with Gasteiger partial charge in [0.1, 0.15) is 0 Å². The van der Waals surface area contributed by atoms with Gasteiger partial charge in [-0.15, -0.1) is 0 Å². The van der Waals surface area contributed by atoms with Crippen LogP contribution < -0.4 is 0 Å². The number of hydrogen-bond donors (Lipinski definition) is 0. The second-order valence-corrected chi connectivity index (χ2v) is 25.6. The van der Waals surface area contributed by atoms with E-state index >= 15 is 0 Å². The van der Waals surface area contributed by atoms with Crippen LogP contribution in [-0.4, -0.2) is 14.5 Å². The number of hydrogen-bond acceptors (Lipinski definition) is 2. The number of rotatable bonds is 12. The number of para-hydroxylation sites is 2. The Morgan fingerprint density at radius 2 is 0.520 bits per heavy atom. The van der Waals surface area contributed by atoms with E-state index in [0.29, 0.717) is 0 Å². The van der Waals surface area contributed by atoms with Crippen molar-refractivity contribution in [3.63, 3.8) is 0 Å². The Balaban J connectivity index is 0.000000154. The van der Waals surface area contributed by atoms with Gasteiger partial charge in [0.2, 0.25) is 0 Å². The Kier molecular flexibility index (Phi) is 16.4. The van der Waals surface area contributed by atoms with Crippen molar-refractivity contribution >= 4 is 32.6 Å². The lowest BCUT2D eigenvalue weighted by Crippen LogP contribution is -1.96. The van der Waals surface area contributed by atoms with Gasteiger partial charge < -0.3 is 4.57 Å². The molecule has 0 unspecified atom stereocenters. The maximum Gasteiger partial charge on any atom is 0.0716 e. The zero-order chi connectivity index (χ0) is 65.9. The molecular weight excluding hydrogens is 1180 g/mol. The average Bonchev–Trinajstić information content (AvgIpc) is 1.57.